The van der Waals surface area contributed by atoms with Gasteiger partial charge in [-0.15, -0.1) is 18.2 Å². The minimum atomic E-state index is -0.963. The summed E-state index contributed by atoms with van der Waals surface area (Å²) in [6.07, 6.45) is 37.0. The molecule has 4 aliphatic rings. The lowest BCUT2D eigenvalue weighted by Gasteiger charge is -2.14. The molecule has 308 valence electrons. The third kappa shape index (κ3) is 24.5. The Morgan fingerprint density at radius 2 is 1.86 bits per heavy atom. The zero-order valence-electron chi connectivity index (χ0n) is 32.7. The van der Waals surface area contributed by atoms with E-state index in [0.717, 1.165) is 74.0 Å². The van der Waals surface area contributed by atoms with E-state index in [2.05, 4.69) is 81.3 Å². The molecule has 6 rings (SSSR count). The summed E-state index contributed by atoms with van der Waals surface area (Å²) in [4.78, 5) is 35.2. The fourth-order valence-electron chi connectivity index (χ4n) is 4.78. The number of aliphatic hydroxyl groups excluding tert-OH is 2. The second-order valence-electron chi connectivity index (χ2n) is 13.2. The van der Waals surface area contributed by atoms with Crippen LogP contribution in [0.25, 0.3) is 0 Å². The van der Waals surface area contributed by atoms with Gasteiger partial charge in [-0.25, -0.2) is 9.97 Å². The van der Waals surface area contributed by atoms with E-state index < -0.39 is 12.0 Å². The lowest BCUT2D eigenvalue weighted by Crippen LogP contribution is -2.25. The van der Waals surface area contributed by atoms with Crippen LogP contribution in [-0.2, 0) is 29.5 Å². The van der Waals surface area contributed by atoms with Crippen LogP contribution in [0.4, 0.5) is 0 Å². The van der Waals surface area contributed by atoms with Gasteiger partial charge in [-0.1, -0.05) is 63.1 Å². The predicted octanol–water partition coefficient (Wildman–Crippen LogP) is 8.30. The van der Waals surface area contributed by atoms with Gasteiger partial charge >= 0.3 is 0 Å². The van der Waals surface area contributed by atoms with Crippen molar-refractivity contribution >= 4 is 30.4 Å². The summed E-state index contributed by atoms with van der Waals surface area (Å²) >= 11 is 5.87. The first-order valence-corrected chi connectivity index (χ1v) is 19.0. The number of aryl methyl sites for hydroxylation is 3. The van der Waals surface area contributed by atoms with E-state index in [4.69, 9.17) is 16.7 Å². The van der Waals surface area contributed by atoms with Crippen LogP contribution in [0.1, 0.15) is 89.9 Å². The van der Waals surface area contributed by atoms with Crippen molar-refractivity contribution in [3.8, 4) is 0 Å². The Bertz CT molecular complexity index is 1580. The van der Waals surface area contributed by atoms with Crippen LogP contribution >= 0.6 is 11.6 Å². The van der Waals surface area contributed by atoms with E-state index in [9.17, 15) is 14.7 Å². The standard InChI is InChI=1S/C9H14N2O3.C9H14N2.C8H11NO.C6H8ClN.C6H8.C5H7N.CH4/c12-4-7(9(14)5-13)1-2-8-3-10-6-11-8;1-3-4-5-6-9-7-11(2)8-10-9;10-7-2-1-4-8-5-3-6-9-8;1-5-6(2,7)3-4-8-5;1-6-4-2-3-5-6;1-5-3-2-4-6-5;/h3-4,6-7,9,13-14H,1-2,5H2,(H,10,11);3,7-8H,1,4-6H2,2H3;5-7H,1-4H2;3-4,8H,1H2,2H3;2,4H,1,3,5H2;2,4,6H,1,3H2;1H4. The maximum atomic E-state index is 10.6. The van der Waals surface area contributed by atoms with Crippen molar-refractivity contribution in [2.24, 2.45) is 18.0 Å². The van der Waals surface area contributed by atoms with Crippen LogP contribution in [-0.4, -0.2) is 66.1 Å². The van der Waals surface area contributed by atoms with Gasteiger partial charge in [-0.3, -0.25) is 4.99 Å². The molecule has 0 aromatic carbocycles. The monoisotopic (exact) mass is 791 g/mol. The van der Waals surface area contributed by atoms with E-state index in [0.29, 0.717) is 25.5 Å². The summed E-state index contributed by atoms with van der Waals surface area (Å²) < 4.78 is 1.98. The highest BCUT2D eigenvalue weighted by molar-refractivity contribution is 6.27. The van der Waals surface area contributed by atoms with Gasteiger partial charge in [-0.05, 0) is 83.2 Å². The van der Waals surface area contributed by atoms with Crippen molar-refractivity contribution in [2.75, 3.05) is 6.61 Å². The number of aromatic nitrogens is 4. The Kier molecular flexibility index (Phi) is 28.7. The number of carbonyl (C=O) groups excluding carboxylic acids is 2. The average molecular weight is 793 g/mol. The molecule has 2 aromatic rings. The number of alkyl halides is 1. The Morgan fingerprint density at radius 3 is 2.25 bits per heavy atom. The highest BCUT2D eigenvalue weighted by Gasteiger charge is 2.24. The number of hydrogen-bond acceptors (Lipinski definition) is 9. The molecule has 11 nitrogen and oxygen atoms in total. The third-order valence-electron chi connectivity index (χ3n) is 8.23. The number of nitrogens with zero attached hydrogens (tertiary/aromatic N) is 4. The second kappa shape index (κ2) is 31.4. The van der Waals surface area contributed by atoms with E-state index in [1.165, 1.54) is 24.1 Å². The number of nitrogens with one attached hydrogen (secondary N) is 3. The molecular formula is C44H66ClN7O4. The number of aldehydes is 2. The predicted molar refractivity (Wildman–Crippen MR) is 233 cm³/mol. The first-order chi connectivity index (χ1) is 26.4. The number of aliphatic hydroxyl groups is 2. The summed E-state index contributed by atoms with van der Waals surface area (Å²) in [6, 6.07) is 0. The van der Waals surface area contributed by atoms with Crippen molar-refractivity contribution in [1.82, 2.24) is 30.2 Å². The van der Waals surface area contributed by atoms with Crippen molar-refractivity contribution in [1.29, 1.82) is 0 Å². The summed E-state index contributed by atoms with van der Waals surface area (Å²) in [5.41, 5.74) is 6.45. The first-order valence-electron chi connectivity index (χ1n) is 18.7. The van der Waals surface area contributed by atoms with Crippen LogP contribution < -0.4 is 10.6 Å². The van der Waals surface area contributed by atoms with Crippen LogP contribution in [0.5, 0.6) is 0 Å². The summed E-state index contributed by atoms with van der Waals surface area (Å²) in [7, 11) is 1.99. The number of carbonyl (C=O) groups is 2. The fourth-order valence-corrected chi connectivity index (χ4v) is 4.90. The van der Waals surface area contributed by atoms with Crippen molar-refractivity contribution in [3.05, 3.63) is 134 Å². The number of hydrogen-bond donors (Lipinski definition) is 5. The number of allylic oxidation sites excluding steroid dienone is 8. The van der Waals surface area contributed by atoms with Gasteiger partial charge < -0.3 is 40.0 Å². The molecule has 3 atom stereocenters. The Balaban J connectivity index is 0.000000661. The summed E-state index contributed by atoms with van der Waals surface area (Å²) in [6.45, 7) is 16.3. The van der Waals surface area contributed by atoms with Gasteiger partial charge in [0, 0.05) is 73.6 Å². The molecule has 5 heterocycles. The summed E-state index contributed by atoms with van der Waals surface area (Å²) in [5, 5.41) is 23.8. The minimum absolute atomic E-state index is 0. The molecule has 3 aliphatic heterocycles. The van der Waals surface area contributed by atoms with E-state index in [1.54, 1.807) is 18.7 Å². The molecule has 5 N–H and O–H groups in total. The average Bonchev–Trinajstić information content (AvgIpc) is 4.03. The van der Waals surface area contributed by atoms with Crippen molar-refractivity contribution in [3.63, 3.8) is 0 Å². The largest absolute Gasteiger partial charge is 0.394 e. The number of halogens is 1. The molecule has 3 unspecified atom stereocenters. The number of rotatable bonds is 14. The van der Waals surface area contributed by atoms with Crippen molar-refractivity contribution < 1.29 is 19.8 Å². The topological polar surface area (TPSA) is 158 Å². The van der Waals surface area contributed by atoms with Crippen LogP contribution in [0, 0.1) is 5.92 Å². The normalized spacial score (nSPS) is 17.6. The molecule has 0 radical (unpaired) electrons. The van der Waals surface area contributed by atoms with Crippen molar-refractivity contribution in [2.45, 2.75) is 102 Å². The van der Waals surface area contributed by atoms with Gasteiger partial charge in [-0.2, -0.15) is 0 Å². The number of aliphatic imine (C=N–C) groups is 1. The smallest absolute Gasteiger partial charge is 0.125 e. The lowest BCUT2D eigenvalue weighted by molar-refractivity contribution is -0.115. The molecule has 0 spiro atoms. The zero-order valence-corrected chi connectivity index (χ0v) is 33.5. The number of aromatic amines is 1. The molecular weight excluding hydrogens is 726 g/mol. The number of imidazole rings is 2. The molecule has 0 saturated heterocycles. The first kappa shape index (κ1) is 51.2. The molecule has 1 aliphatic carbocycles. The van der Waals surface area contributed by atoms with Gasteiger partial charge in [0.05, 0.1) is 31.1 Å². The highest BCUT2D eigenvalue weighted by Crippen LogP contribution is 2.26. The Morgan fingerprint density at radius 1 is 1.09 bits per heavy atom. The maximum absolute atomic E-state index is 10.6. The minimum Gasteiger partial charge on any atom is -0.394 e. The zero-order chi connectivity index (χ0) is 40.7. The lowest BCUT2D eigenvalue weighted by atomic mass is 9.98. The van der Waals surface area contributed by atoms with E-state index in [1.807, 2.05) is 55.5 Å². The molecule has 0 amide bonds. The molecule has 0 saturated carbocycles. The highest BCUT2D eigenvalue weighted by atomic mass is 35.5. The number of H-pyrrole nitrogens is 1. The fraction of sp³-hybridized carbons (Fsp3) is 0.432. The molecule has 56 heavy (non-hydrogen) atoms. The van der Waals surface area contributed by atoms with Gasteiger partial charge in [0.1, 0.15) is 17.4 Å². The van der Waals surface area contributed by atoms with E-state index >= 15 is 0 Å². The quantitative estimate of drug-likeness (QED) is 0.0554. The number of unbranched alkanes of at least 4 members (excludes halogenated alkanes) is 2. The Labute approximate surface area is 340 Å². The van der Waals surface area contributed by atoms with Crippen LogP contribution in [0.3, 0.4) is 0 Å². The molecule has 0 fully saturated rings. The van der Waals surface area contributed by atoms with Gasteiger partial charge in [0.25, 0.3) is 0 Å². The SMILES string of the molecule is C.C=C1C=CCC1.C=C1CC=CN1.C=C1NC=CC1(C)Cl.C=CCCCc1cn(C)cn1.O=CC(CCc1cnc[nH]1)C(O)CO.O=CCCCC1=CCC=N1. The van der Waals surface area contributed by atoms with E-state index in [-0.39, 0.29) is 18.9 Å². The molecule has 0 bridgehead atoms. The Hall–Kier alpha value is -4.84. The van der Waals surface area contributed by atoms with Gasteiger partial charge in [0.2, 0.25) is 0 Å². The summed E-state index contributed by atoms with van der Waals surface area (Å²) in [5.74, 6) is -0.511. The third-order valence-corrected chi connectivity index (χ3v) is 8.58. The van der Waals surface area contributed by atoms with Crippen LogP contribution in [0.2, 0.25) is 0 Å². The molecule has 2 aromatic heterocycles. The maximum Gasteiger partial charge on any atom is 0.125 e. The van der Waals surface area contributed by atoms with Crippen LogP contribution in [0.15, 0.2) is 128 Å². The second-order valence-corrected chi connectivity index (χ2v) is 13.9. The molecule has 12 heteroatoms. The van der Waals surface area contributed by atoms with Gasteiger partial charge in [0.15, 0.2) is 0 Å².